The molecule has 0 bridgehead atoms. The molecule has 0 aliphatic carbocycles. The zero-order chi connectivity index (χ0) is 19.3. The Hall–Kier alpha value is -3.28. The molecule has 2 aliphatic heterocycles. The van der Waals surface area contributed by atoms with Gasteiger partial charge < -0.3 is 19.5 Å². The Morgan fingerprint density at radius 3 is 2.79 bits per heavy atom. The number of amides is 1. The molecule has 2 aromatic rings. The molecule has 28 heavy (non-hydrogen) atoms. The lowest BCUT2D eigenvalue weighted by Crippen LogP contribution is -2.24. The summed E-state index contributed by atoms with van der Waals surface area (Å²) in [5, 5.41) is 2.85. The molecule has 0 fully saturated rings. The second-order valence-electron chi connectivity index (χ2n) is 6.61. The highest BCUT2D eigenvalue weighted by molar-refractivity contribution is 6.14. The molecule has 2 heterocycles. The maximum absolute atomic E-state index is 12.3. The van der Waals surface area contributed by atoms with Gasteiger partial charge in [0.1, 0.15) is 17.3 Å². The number of benzene rings is 2. The predicted molar refractivity (Wildman–Crippen MR) is 107 cm³/mol. The maximum Gasteiger partial charge on any atom is 0.275 e. The van der Waals surface area contributed by atoms with Gasteiger partial charge in [0, 0.05) is 12.8 Å². The first-order valence-electron chi connectivity index (χ1n) is 9.35. The number of ether oxygens (including phenoxy) is 3. The Bertz CT molecular complexity index is 949. The molecular weight excluding hydrogens is 356 g/mol. The molecule has 0 saturated heterocycles. The third kappa shape index (κ3) is 4.01. The number of rotatable bonds is 5. The quantitative estimate of drug-likeness (QED) is 0.810. The second kappa shape index (κ2) is 8.17. The summed E-state index contributed by atoms with van der Waals surface area (Å²) < 4.78 is 16.7. The van der Waals surface area contributed by atoms with Crippen molar-refractivity contribution in [3.05, 3.63) is 59.3 Å². The van der Waals surface area contributed by atoms with Crippen molar-refractivity contribution in [3.8, 4) is 17.2 Å². The van der Waals surface area contributed by atoms with Crippen molar-refractivity contribution in [1.82, 2.24) is 5.32 Å². The van der Waals surface area contributed by atoms with Crippen LogP contribution in [-0.2, 0) is 11.2 Å². The summed E-state index contributed by atoms with van der Waals surface area (Å²) in [5.74, 6) is 2.75. The Balaban J connectivity index is 1.48. The van der Waals surface area contributed by atoms with Crippen LogP contribution in [0.2, 0.25) is 0 Å². The van der Waals surface area contributed by atoms with Crippen LogP contribution < -0.4 is 19.5 Å². The fourth-order valence-corrected chi connectivity index (χ4v) is 3.23. The van der Waals surface area contributed by atoms with E-state index in [4.69, 9.17) is 14.2 Å². The number of aliphatic imine (C=N–C) groups is 1. The molecule has 0 unspecified atom stereocenters. The molecule has 0 radical (unpaired) electrons. The van der Waals surface area contributed by atoms with E-state index in [1.165, 1.54) is 0 Å². The number of amidine groups is 1. The Labute approximate surface area is 163 Å². The first-order chi connectivity index (χ1) is 13.7. The SMILES string of the molecule is COc1ccccc1CCC1=N/C(=C/c2ccc3c(c2)OCCCO3)C(=O)N1. The van der Waals surface area contributed by atoms with E-state index < -0.39 is 0 Å². The molecule has 144 valence electrons. The van der Waals surface area contributed by atoms with Gasteiger partial charge >= 0.3 is 0 Å². The van der Waals surface area contributed by atoms with Crippen LogP contribution in [-0.4, -0.2) is 32.1 Å². The first kappa shape index (κ1) is 18.1. The topological polar surface area (TPSA) is 69.1 Å². The molecule has 1 N–H and O–H groups in total. The van der Waals surface area contributed by atoms with Crippen molar-refractivity contribution in [1.29, 1.82) is 0 Å². The van der Waals surface area contributed by atoms with E-state index >= 15 is 0 Å². The van der Waals surface area contributed by atoms with Crippen molar-refractivity contribution in [2.24, 2.45) is 4.99 Å². The highest BCUT2D eigenvalue weighted by atomic mass is 16.5. The third-order valence-electron chi connectivity index (χ3n) is 4.64. The van der Waals surface area contributed by atoms with Gasteiger partial charge in [0.2, 0.25) is 0 Å². The molecular formula is C22H22N2O4. The monoisotopic (exact) mass is 378 g/mol. The molecule has 4 rings (SSSR count). The number of aryl methyl sites for hydroxylation is 1. The summed E-state index contributed by atoms with van der Waals surface area (Å²) in [7, 11) is 1.66. The van der Waals surface area contributed by atoms with Crippen molar-refractivity contribution in [2.75, 3.05) is 20.3 Å². The summed E-state index contributed by atoms with van der Waals surface area (Å²) in [4.78, 5) is 16.8. The average Bonchev–Trinajstić information content (AvgIpc) is 2.91. The number of fused-ring (bicyclic) bond motifs is 1. The third-order valence-corrected chi connectivity index (χ3v) is 4.64. The van der Waals surface area contributed by atoms with E-state index in [1.54, 1.807) is 13.2 Å². The normalized spacial score (nSPS) is 17.1. The standard InChI is InChI=1S/C22H22N2O4/c1-26-18-6-3-2-5-16(18)8-10-21-23-17(22(25)24-21)13-15-7-9-19-20(14-15)28-12-4-11-27-19/h2-3,5-7,9,13-14H,4,8,10-12H2,1H3,(H,23,24,25)/b17-13+. The van der Waals surface area contributed by atoms with Gasteiger partial charge in [0.25, 0.3) is 5.91 Å². The lowest BCUT2D eigenvalue weighted by Gasteiger charge is -2.07. The van der Waals surface area contributed by atoms with Crippen molar-refractivity contribution < 1.29 is 19.0 Å². The number of methoxy groups -OCH3 is 1. The highest BCUT2D eigenvalue weighted by Crippen LogP contribution is 2.31. The number of carbonyl (C=O) groups excluding carboxylic acids is 1. The number of nitrogens with one attached hydrogen (secondary N) is 1. The molecule has 0 atom stereocenters. The summed E-state index contributed by atoms with van der Waals surface area (Å²) in [5.41, 5.74) is 2.33. The Morgan fingerprint density at radius 2 is 1.93 bits per heavy atom. The van der Waals surface area contributed by atoms with Gasteiger partial charge in [-0.2, -0.15) is 0 Å². The Kier molecular flexibility index (Phi) is 5.28. The molecule has 0 aromatic heterocycles. The predicted octanol–water partition coefficient (Wildman–Crippen LogP) is 3.36. The minimum atomic E-state index is -0.192. The van der Waals surface area contributed by atoms with Crippen LogP contribution in [0.25, 0.3) is 6.08 Å². The summed E-state index contributed by atoms with van der Waals surface area (Å²) in [6, 6.07) is 13.5. The van der Waals surface area contributed by atoms with E-state index in [0.29, 0.717) is 36.9 Å². The van der Waals surface area contributed by atoms with Gasteiger partial charge in [-0.15, -0.1) is 0 Å². The number of hydrogen-bond acceptors (Lipinski definition) is 5. The van der Waals surface area contributed by atoms with Crippen LogP contribution in [0.5, 0.6) is 17.2 Å². The Morgan fingerprint density at radius 1 is 1.11 bits per heavy atom. The maximum atomic E-state index is 12.3. The highest BCUT2D eigenvalue weighted by Gasteiger charge is 2.20. The largest absolute Gasteiger partial charge is 0.496 e. The van der Waals surface area contributed by atoms with Gasteiger partial charge in [-0.05, 0) is 41.8 Å². The number of nitrogens with zero attached hydrogens (tertiary/aromatic N) is 1. The van der Waals surface area contributed by atoms with E-state index in [2.05, 4.69) is 10.3 Å². The molecule has 2 aliphatic rings. The smallest absolute Gasteiger partial charge is 0.275 e. The summed E-state index contributed by atoms with van der Waals surface area (Å²) in [6.45, 7) is 1.27. The van der Waals surface area contributed by atoms with Gasteiger partial charge in [-0.1, -0.05) is 24.3 Å². The minimum absolute atomic E-state index is 0.192. The number of carbonyl (C=O) groups is 1. The van der Waals surface area contributed by atoms with Gasteiger partial charge in [-0.3, -0.25) is 4.79 Å². The molecule has 0 saturated carbocycles. The fourth-order valence-electron chi connectivity index (χ4n) is 3.23. The minimum Gasteiger partial charge on any atom is -0.496 e. The van der Waals surface area contributed by atoms with Crippen LogP contribution >= 0.6 is 0 Å². The van der Waals surface area contributed by atoms with E-state index in [0.717, 1.165) is 35.5 Å². The van der Waals surface area contributed by atoms with Gasteiger partial charge in [0.05, 0.1) is 20.3 Å². The van der Waals surface area contributed by atoms with Crippen LogP contribution in [0.1, 0.15) is 24.0 Å². The van der Waals surface area contributed by atoms with E-state index in [-0.39, 0.29) is 5.91 Å². The van der Waals surface area contributed by atoms with Crippen molar-refractivity contribution in [3.63, 3.8) is 0 Å². The van der Waals surface area contributed by atoms with Crippen LogP contribution in [0.4, 0.5) is 0 Å². The number of hydrogen-bond donors (Lipinski definition) is 1. The molecule has 1 amide bonds. The zero-order valence-electron chi connectivity index (χ0n) is 15.7. The zero-order valence-corrected chi connectivity index (χ0v) is 15.7. The molecule has 6 nitrogen and oxygen atoms in total. The van der Waals surface area contributed by atoms with E-state index in [9.17, 15) is 4.79 Å². The average molecular weight is 378 g/mol. The molecule has 0 spiro atoms. The lowest BCUT2D eigenvalue weighted by molar-refractivity contribution is -0.115. The van der Waals surface area contributed by atoms with Crippen molar-refractivity contribution >= 4 is 17.8 Å². The summed E-state index contributed by atoms with van der Waals surface area (Å²) in [6.07, 6.45) is 3.98. The summed E-state index contributed by atoms with van der Waals surface area (Å²) >= 11 is 0. The molecule has 2 aromatic carbocycles. The first-order valence-corrected chi connectivity index (χ1v) is 9.35. The number of para-hydroxylation sites is 1. The lowest BCUT2D eigenvalue weighted by atomic mass is 10.1. The fraction of sp³-hybridized carbons (Fsp3) is 0.273. The second-order valence-corrected chi connectivity index (χ2v) is 6.61. The van der Waals surface area contributed by atoms with Gasteiger partial charge in [-0.25, -0.2) is 4.99 Å². The van der Waals surface area contributed by atoms with Crippen LogP contribution in [0.3, 0.4) is 0 Å². The van der Waals surface area contributed by atoms with Crippen LogP contribution in [0.15, 0.2) is 53.2 Å². The van der Waals surface area contributed by atoms with Crippen LogP contribution in [0, 0.1) is 0 Å². The molecule has 6 heteroatoms. The van der Waals surface area contributed by atoms with Crippen molar-refractivity contribution in [2.45, 2.75) is 19.3 Å². The van der Waals surface area contributed by atoms with Gasteiger partial charge in [0.15, 0.2) is 11.5 Å². The van der Waals surface area contributed by atoms with E-state index in [1.807, 2.05) is 42.5 Å².